The number of halogens is 3. The normalized spacial score (nSPS) is 15.5. The van der Waals surface area contributed by atoms with Gasteiger partial charge in [0.1, 0.15) is 5.82 Å². The van der Waals surface area contributed by atoms with E-state index in [2.05, 4.69) is 15.5 Å². The number of carbonyl (C=O) groups excluding carboxylic acids is 1. The van der Waals surface area contributed by atoms with Crippen molar-refractivity contribution in [3.05, 3.63) is 110 Å². The zero-order valence-corrected chi connectivity index (χ0v) is 23.1. The van der Waals surface area contributed by atoms with Crippen LogP contribution in [0, 0.1) is 5.82 Å². The van der Waals surface area contributed by atoms with Crippen molar-refractivity contribution in [2.75, 3.05) is 5.32 Å². The van der Waals surface area contributed by atoms with Crippen LogP contribution in [-0.2, 0) is 34.1 Å². The molecule has 0 radical (unpaired) electrons. The fourth-order valence-corrected chi connectivity index (χ4v) is 5.75. The van der Waals surface area contributed by atoms with Crippen LogP contribution in [0.1, 0.15) is 59.0 Å². The third-order valence-corrected chi connectivity index (χ3v) is 8.27. The van der Waals surface area contributed by atoms with Crippen LogP contribution in [0.15, 0.2) is 65.2 Å². The maximum Gasteiger partial charge on any atom is 0.231 e. The van der Waals surface area contributed by atoms with E-state index < -0.39 is 21.7 Å². The highest BCUT2D eigenvalue weighted by Crippen LogP contribution is 2.56. The predicted octanol–water partition coefficient (Wildman–Crippen LogP) is 6.31. The highest BCUT2D eigenvalue weighted by atomic mass is 35.5. The highest BCUT2D eigenvalue weighted by Gasteiger charge is 2.52. The predicted molar refractivity (Wildman–Crippen MR) is 146 cm³/mol. The Kier molecular flexibility index (Phi) is 7.87. The van der Waals surface area contributed by atoms with E-state index in [-0.39, 0.29) is 18.1 Å². The van der Waals surface area contributed by atoms with Crippen LogP contribution in [0.5, 0.6) is 0 Å². The monoisotopic (exact) mass is 586 g/mol. The third-order valence-electron chi connectivity index (χ3n) is 6.82. The molecule has 1 aromatic heterocycles. The lowest BCUT2D eigenvalue weighted by Crippen LogP contribution is -2.16. The molecule has 7 nitrogen and oxygen atoms in total. The molecule has 202 valence electrons. The van der Waals surface area contributed by atoms with Crippen LogP contribution in [-0.4, -0.2) is 24.8 Å². The van der Waals surface area contributed by atoms with Crippen molar-refractivity contribution in [1.29, 1.82) is 0 Å². The largest absolute Gasteiger partial charge is 0.772 e. The molecule has 5 rings (SSSR count). The van der Waals surface area contributed by atoms with Gasteiger partial charge in [-0.1, -0.05) is 64.8 Å². The van der Waals surface area contributed by atoms with Crippen LogP contribution in [0.3, 0.4) is 0 Å². The Hall–Kier alpha value is -3.11. The molecule has 3 aromatic carbocycles. The van der Waals surface area contributed by atoms with Crippen LogP contribution in [0.2, 0.25) is 10.0 Å². The minimum Gasteiger partial charge on any atom is -0.772 e. The minimum absolute atomic E-state index is 0.0930. The van der Waals surface area contributed by atoms with E-state index in [1.807, 2.05) is 0 Å². The molecule has 1 N–H and O–H groups in total. The minimum atomic E-state index is -2.21. The van der Waals surface area contributed by atoms with Crippen molar-refractivity contribution in [3.8, 4) is 0 Å². The third kappa shape index (κ3) is 6.06. The standard InChI is InChI=1S/C28H24Cl2FN3O4S/c1-16(39(36)37)19-6-2-17(3-7-19)12-24(35)32-21-14-22(29)26(23(30)15-21)28(10-11-28)27-33-25(38-34-27)13-18-4-8-20(31)9-5-18/h2-9,14-16H,10-13H2,1H3,(H,32,35)(H,36,37)/p-1. The molecule has 1 heterocycles. The SMILES string of the molecule is CC(c1ccc(CC(=O)Nc2cc(Cl)c(C3(c4noc(Cc5ccc(F)cc5)n4)CC3)c(Cl)c2)cc1)S(=O)[O-]. The summed E-state index contributed by atoms with van der Waals surface area (Å²) in [5.74, 6) is 0.306. The van der Waals surface area contributed by atoms with Crippen molar-refractivity contribution < 1.29 is 22.5 Å². The second-order valence-corrected chi connectivity index (χ2v) is 11.6. The van der Waals surface area contributed by atoms with Crippen LogP contribution in [0.4, 0.5) is 10.1 Å². The summed E-state index contributed by atoms with van der Waals surface area (Å²) in [6.45, 7) is 1.60. The summed E-state index contributed by atoms with van der Waals surface area (Å²) in [5, 5.41) is 7.14. The molecule has 1 saturated carbocycles. The Morgan fingerprint density at radius 3 is 2.31 bits per heavy atom. The van der Waals surface area contributed by atoms with E-state index in [9.17, 15) is 17.9 Å². The number of hydrogen-bond acceptors (Lipinski definition) is 6. The summed E-state index contributed by atoms with van der Waals surface area (Å²) in [6, 6.07) is 16.2. The molecule has 0 aliphatic heterocycles. The van der Waals surface area contributed by atoms with Gasteiger partial charge in [-0.15, -0.1) is 0 Å². The van der Waals surface area contributed by atoms with Crippen molar-refractivity contribution in [2.45, 2.75) is 43.3 Å². The summed E-state index contributed by atoms with van der Waals surface area (Å²) < 4.78 is 41.0. The van der Waals surface area contributed by atoms with E-state index in [1.165, 1.54) is 12.1 Å². The van der Waals surface area contributed by atoms with E-state index >= 15 is 0 Å². The summed E-state index contributed by atoms with van der Waals surface area (Å²) in [4.78, 5) is 17.2. The van der Waals surface area contributed by atoms with Gasteiger partial charge in [-0.2, -0.15) is 4.98 Å². The molecule has 1 aliphatic carbocycles. The summed E-state index contributed by atoms with van der Waals surface area (Å²) in [6.07, 6.45) is 1.94. The molecule has 2 unspecified atom stereocenters. The van der Waals surface area contributed by atoms with Gasteiger partial charge in [0, 0.05) is 26.5 Å². The van der Waals surface area contributed by atoms with Crippen LogP contribution >= 0.6 is 23.2 Å². The fraction of sp³-hybridized carbons (Fsp3) is 0.250. The maximum atomic E-state index is 13.2. The quantitative estimate of drug-likeness (QED) is 0.230. The average molecular weight is 587 g/mol. The van der Waals surface area contributed by atoms with Gasteiger partial charge >= 0.3 is 0 Å². The van der Waals surface area contributed by atoms with E-state index in [1.54, 1.807) is 55.5 Å². The molecule has 0 spiro atoms. The van der Waals surface area contributed by atoms with Crippen LogP contribution < -0.4 is 5.32 Å². The molecular formula is C28H23Cl2FN3O4S-. The number of anilines is 1. The van der Waals surface area contributed by atoms with Gasteiger partial charge < -0.3 is 14.4 Å². The molecule has 39 heavy (non-hydrogen) atoms. The number of rotatable bonds is 9. The van der Waals surface area contributed by atoms with Crippen molar-refractivity contribution >= 4 is 45.9 Å². The molecule has 4 aromatic rings. The lowest BCUT2D eigenvalue weighted by Gasteiger charge is -2.17. The van der Waals surface area contributed by atoms with Crippen LogP contribution in [0.25, 0.3) is 0 Å². The molecular weight excluding hydrogens is 564 g/mol. The number of benzene rings is 3. The zero-order chi connectivity index (χ0) is 27.7. The molecule has 1 fully saturated rings. The van der Waals surface area contributed by atoms with Gasteiger partial charge in [0.25, 0.3) is 0 Å². The van der Waals surface area contributed by atoms with Gasteiger partial charge in [-0.3, -0.25) is 9.00 Å². The average Bonchev–Trinajstić information content (AvgIpc) is 3.54. The summed E-state index contributed by atoms with van der Waals surface area (Å²) >= 11 is 11.1. The molecule has 1 aliphatic rings. The molecule has 0 bridgehead atoms. The molecule has 1 amide bonds. The smallest absolute Gasteiger partial charge is 0.231 e. The van der Waals surface area contributed by atoms with E-state index in [4.69, 9.17) is 27.7 Å². The molecule has 0 saturated heterocycles. The number of nitrogens with one attached hydrogen (secondary N) is 1. The Morgan fingerprint density at radius 2 is 1.72 bits per heavy atom. The van der Waals surface area contributed by atoms with Gasteiger partial charge in [0.2, 0.25) is 11.8 Å². The van der Waals surface area contributed by atoms with Gasteiger partial charge in [-0.05, 0) is 71.8 Å². The summed E-state index contributed by atoms with van der Waals surface area (Å²) in [5.41, 5.74) is 2.79. The first-order valence-corrected chi connectivity index (χ1v) is 14.1. The van der Waals surface area contributed by atoms with Crippen molar-refractivity contribution in [1.82, 2.24) is 10.1 Å². The maximum absolute atomic E-state index is 13.2. The topological polar surface area (TPSA) is 108 Å². The van der Waals surface area contributed by atoms with Gasteiger partial charge in [0.05, 0.1) is 18.3 Å². The first kappa shape index (κ1) is 27.5. The van der Waals surface area contributed by atoms with Crippen molar-refractivity contribution in [2.24, 2.45) is 0 Å². The first-order chi connectivity index (χ1) is 18.6. The Balaban J connectivity index is 1.28. The number of aromatic nitrogens is 2. The first-order valence-electron chi connectivity index (χ1n) is 12.2. The van der Waals surface area contributed by atoms with Crippen molar-refractivity contribution in [3.63, 3.8) is 0 Å². The number of hydrogen-bond donors (Lipinski definition) is 1. The lowest BCUT2D eigenvalue weighted by atomic mass is 9.94. The lowest BCUT2D eigenvalue weighted by molar-refractivity contribution is -0.115. The number of carbonyl (C=O) groups is 1. The fourth-order valence-electron chi connectivity index (χ4n) is 4.52. The van der Waals surface area contributed by atoms with Gasteiger partial charge in [-0.25, -0.2) is 4.39 Å². The second-order valence-electron chi connectivity index (χ2n) is 9.58. The molecule has 11 heteroatoms. The highest BCUT2D eigenvalue weighted by molar-refractivity contribution is 7.79. The zero-order valence-electron chi connectivity index (χ0n) is 20.7. The van der Waals surface area contributed by atoms with E-state index in [0.29, 0.717) is 45.0 Å². The van der Waals surface area contributed by atoms with E-state index in [0.717, 1.165) is 24.0 Å². The Labute approximate surface area is 237 Å². The Bertz CT molecular complexity index is 1520. The Morgan fingerprint density at radius 1 is 1.10 bits per heavy atom. The number of amides is 1. The number of nitrogens with zero attached hydrogens (tertiary/aromatic N) is 2. The summed E-state index contributed by atoms with van der Waals surface area (Å²) in [7, 11) is 0. The second kappa shape index (κ2) is 11.2. The van der Waals surface area contributed by atoms with Gasteiger partial charge in [0.15, 0.2) is 5.82 Å². The molecule has 2 atom stereocenters.